The van der Waals surface area contributed by atoms with Gasteiger partial charge in [0.1, 0.15) is 17.1 Å². The fourth-order valence-corrected chi connectivity index (χ4v) is 3.32. The van der Waals surface area contributed by atoms with E-state index in [1.165, 1.54) is 0 Å². The Balaban J connectivity index is 1.86. The maximum Gasteiger partial charge on any atom is 0.347 e. The first-order chi connectivity index (χ1) is 11.1. The lowest BCUT2D eigenvalue weighted by Crippen LogP contribution is -2.50. The van der Waals surface area contributed by atoms with Gasteiger partial charge in [0.2, 0.25) is 0 Å². The van der Waals surface area contributed by atoms with Gasteiger partial charge >= 0.3 is 5.63 Å². The van der Waals surface area contributed by atoms with Crippen molar-refractivity contribution in [2.24, 2.45) is 0 Å². The third-order valence-corrected chi connectivity index (χ3v) is 4.73. The summed E-state index contributed by atoms with van der Waals surface area (Å²) in [5.74, 6) is 0.861. The van der Waals surface area contributed by atoms with Crippen LogP contribution in [0.5, 0.6) is 5.75 Å². The van der Waals surface area contributed by atoms with E-state index in [0.717, 1.165) is 18.4 Å². The third kappa shape index (κ3) is 2.19. The first-order valence-electron chi connectivity index (χ1n) is 7.74. The molecule has 1 N–H and O–H groups in total. The average molecular weight is 311 g/mol. The van der Waals surface area contributed by atoms with Crippen molar-refractivity contribution in [3.8, 4) is 17.1 Å². The van der Waals surface area contributed by atoms with Gasteiger partial charge in [0.05, 0.1) is 6.10 Å². The van der Waals surface area contributed by atoms with Gasteiger partial charge in [-0.05, 0) is 50.0 Å². The molecule has 5 nitrogen and oxygen atoms in total. The zero-order valence-electron chi connectivity index (χ0n) is 12.8. The van der Waals surface area contributed by atoms with Gasteiger partial charge in [0.15, 0.2) is 5.60 Å². The van der Waals surface area contributed by atoms with Crippen LogP contribution < -0.4 is 10.4 Å². The second-order valence-corrected chi connectivity index (χ2v) is 6.20. The highest BCUT2D eigenvalue weighted by molar-refractivity contribution is 5.67. The Hall–Kier alpha value is -2.40. The van der Waals surface area contributed by atoms with Gasteiger partial charge in [-0.3, -0.25) is 4.98 Å². The SMILES string of the molecule is C[C@@]12Oc3cc(-c4cccnc4)oc(=O)c3C=C1CCC[C@H]2O. The fraction of sp³-hybridized carbons (Fsp3) is 0.333. The molecule has 1 saturated carbocycles. The predicted molar refractivity (Wildman–Crippen MR) is 85.1 cm³/mol. The molecule has 0 spiro atoms. The molecule has 2 aromatic heterocycles. The average Bonchev–Trinajstić information content (AvgIpc) is 2.55. The number of fused-ring (bicyclic) bond motifs is 2. The molecule has 1 aliphatic heterocycles. The Morgan fingerprint density at radius 3 is 3.09 bits per heavy atom. The molecule has 3 heterocycles. The van der Waals surface area contributed by atoms with E-state index < -0.39 is 17.3 Å². The Bertz CT molecular complexity index is 840. The van der Waals surface area contributed by atoms with Crippen molar-refractivity contribution in [2.75, 3.05) is 0 Å². The van der Waals surface area contributed by atoms with Crippen LogP contribution in [0.25, 0.3) is 17.4 Å². The smallest absolute Gasteiger partial charge is 0.347 e. The summed E-state index contributed by atoms with van der Waals surface area (Å²) in [6.45, 7) is 1.88. The summed E-state index contributed by atoms with van der Waals surface area (Å²) in [5.41, 5.74) is 0.867. The molecule has 0 unspecified atom stereocenters. The van der Waals surface area contributed by atoms with Crippen molar-refractivity contribution in [2.45, 2.75) is 37.9 Å². The van der Waals surface area contributed by atoms with Crippen molar-refractivity contribution in [1.82, 2.24) is 4.98 Å². The van der Waals surface area contributed by atoms with Gasteiger partial charge in [-0.15, -0.1) is 0 Å². The van der Waals surface area contributed by atoms with Crippen LogP contribution in [-0.2, 0) is 0 Å². The van der Waals surface area contributed by atoms with Crippen molar-refractivity contribution in [3.63, 3.8) is 0 Å². The van der Waals surface area contributed by atoms with Crippen molar-refractivity contribution >= 4 is 6.08 Å². The summed E-state index contributed by atoms with van der Waals surface area (Å²) < 4.78 is 11.5. The van der Waals surface area contributed by atoms with Gasteiger partial charge in [0, 0.05) is 24.0 Å². The molecule has 2 atom stereocenters. The van der Waals surface area contributed by atoms with Gasteiger partial charge < -0.3 is 14.3 Å². The van der Waals surface area contributed by atoms with E-state index in [-0.39, 0.29) is 0 Å². The summed E-state index contributed by atoms with van der Waals surface area (Å²) in [7, 11) is 0. The highest BCUT2D eigenvalue weighted by Gasteiger charge is 2.44. The first-order valence-corrected chi connectivity index (χ1v) is 7.74. The van der Waals surface area contributed by atoms with Crippen molar-refractivity contribution in [1.29, 1.82) is 0 Å². The van der Waals surface area contributed by atoms with Crippen molar-refractivity contribution < 1.29 is 14.3 Å². The predicted octanol–water partition coefficient (Wildman–Crippen LogP) is 2.78. The van der Waals surface area contributed by atoms with Crippen LogP contribution in [0.4, 0.5) is 0 Å². The monoisotopic (exact) mass is 311 g/mol. The van der Waals surface area contributed by atoms with Crippen molar-refractivity contribution in [3.05, 3.63) is 52.1 Å². The minimum Gasteiger partial charge on any atom is -0.479 e. The number of nitrogens with zero attached hydrogens (tertiary/aromatic N) is 1. The lowest BCUT2D eigenvalue weighted by atomic mass is 9.77. The lowest BCUT2D eigenvalue weighted by Gasteiger charge is -2.43. The third-order valence-electron chi connectivity index (χ3n) is 4.73. The number of ether oxygens (including phenoxy) is 1. The highest BCUT2D eigenvalue weighted by atomic mass is 16.5. The van der Waals surface area contributed by atoms with Crippen LogP contribution in [0.15, 0.2) is 45.4 Å². The number of aliphatic hydroxyl groups excluding tert-OH is 1. The van der Waals surface area contributed by atoms with E-state index >= 15 is 0 Å². The second kappa shape index (κ2) is 5.06. The number of hydrogen-bond acceptors (Lipinski definition) is 5. The molecule has 5 heteroatoms. The van der Waals surface area contributed by atoms with Crippen LogP contribution in [0.3, 0.4) is 0 Å². The van der Waals surface area contributed by atoms with E-state index in [1.54, 1.807) is 24.5 Å². The van der Waals surface area contributed by atoms with E-state index in [1.807, 2.05) is 19.1 Å². The Morgan fingerprint density at radius 1 is 1.43 bits per heavy atom. The maximum absolute atomic E-state index is 12.3. The number of aromatic nitrogens is 1. The Labute approximate surface area is 133 Å². The fourth-order valence-electron chi connectivity index (χ4n) is 3.32. The minimum atomic E-state index is -0.773. The van der Waals surface area contributed by atoms with E-state index in [2.05, 4.69) is 4.98 Å². The molecule has 1 aliphatic carbocycles. The zero-order valence-corrected chi connectivity index (χ0v) is 12.8. The molecule has 0 radical (unpaired) electrons. The molecule has 2 aromatic rings. The van der Waals surface area contributed by atoms with Gasteiger partial charge in [0.25, 0.3) is 0 Å². The number of pyridine rings is 1. The molecule has 23 heavy (non-hydrogen) atoms. The molecule has 118 valence electrons. The van der Waals surface area contributed by atoms with E-state index in [0.29, 0.717) is 29.1 Å². The Morgan fingerprint density at radius 2 is 2.30 bits per heavy atom. The van der Waals surface area contributed by atoms with E-state index in [9.17, 15) is 9.90 Å². The van der Waals surface area contributed by atoms with Gasteiger partial charge in [-0.1, -0.05) is 0 Å². The zero-order chi connectivity index (χ0) is 16.0. The topological polar surface area (TPSA) is 72.6 Å². The summed E-state index contributed by atoms with van der Waals surface area (Å²) in [6, 6.07) is 5.30. The minimum absolute atomic E-state index is 0.410. The lowest BCUT2D eigenvalue weighted by molar-refractivity contribution is -0.0356. The molecule has 4 rings (SSSR count). The highest BCUT2D eigenvalue weighted by Crippen LogP contribution is 2.43. The first kappa shape index (κ1) is 14.2. The molecular weight excluding hydrogens is 294 g/mol. The number of aliphatic hydroxyl groups is 1. The molecule has 0 saturated heterocycles. The summed E-state index contributed by atoms with van der Waals surface area (Å²) in [5, 5.41) is 10.4. The molecular formula is C18H17NO4. The number of rotatable bonds is 1. The molecule has 0 bridgehead atoms. The molecule has 2 aliphatic rings. The van der Waals surface area contributed by atoms with Crippen LogP contribution in [0, 0.1) is 0 Å². The van der Waals surface area contributed by atoms with Crippen LogP contribution >= 0.6 is 0 Å². The Kier molecular flexibility index (Phi) is 3.13. The molecule has 0 amide bonds. The van der Waals surface area contributed by atoms with Crippen LogP contribution in [-0.4, -0.2) is 21.8 Å². The standard InChI is InChI=1S/C18H17NO4/c1-18-12(5-2-6-16(18)20)8-13-15(23-18)9-14(22-17(13)21)11-4-3-7-19-10-11/h3-4,7-10,16,20H,2,5-6H2,1H3/t16-,18-/m1/s1. The van der Waals surface area contributed by atoms with Crippen LogP contribution in [0.2, 0.25) is 0 Å². The van der Waals surface area contributed by atoms with Gasteiger partial charge in [-0.25, -0.2) is 4.79 Å². The maximum atomic E-state index is 12.3. The quantitative estimate of drug-likeness (QED) is 0.876. The summed E-state index contributed by atoms with van der Waals surface area (Å²) in [4.78, 5) is 16.4. The number of hydrogen-bond donors (Lipinski definition) is 1. The second-order valence-electron chi connectivity index (χ2n) is 6.20. The molecule has 0 aromatic carbocycles. The summed E-state index contributed by atoms with van der Waals surface area (Å²) >= 11 is 0. The normalized spacial score (nSPS) is 25.8. The van der Waals surface area contributed by atoms with E-state index in [4.69, 9.17) is 9.15 Å². The van der Waals surface area contributed by atoms with Gasteiger partial charge in [-0.2, -0.15) is 0 Å². The largest absolute Gasteiger partial charge is 0.479 e. The molecule has 1 fully saturated rings. The summed E-state index contributed by atoms with van der Waals surface area (Å²) in [6.07, 6.45) is 6.93. The van der Waals surface area contributed by atoms with Crippen LogP contribution in [0.1, 0.15) is 31.7 Å².